The largest absolute Gasteiger partial charge is 0.339 e. The second kappa shape index (κ2) is 6.74. The van der Waals surface area contributed by atoms with E-state index in [0.717, 1.165) is 31.2 Å². The molecule has 7 nitrogen and oxygen atoms in total. The van der Waals surface area contributed by atoms with Crippen molar-refractivity contribution in [2.75, 3.05) is 6.54 Å². The predicted octanol–water partition coefficient (Wildman–Crippen LogP) is 2.24. The molecule has 2 aromatic heterocycles. The van der Waals surface area contributed by atoms with Gasteiger partial charge in [-0.3, -0.25) is 19.5 Å². The SMILES string of the molecule is O=C1[C@H]2CCCC[C@@H]2C(=O)N1CCCc1nc(-c2ccncc2)no1. The van der Waals surface area contributed by atoms with E-state index in [9.17, 15) is 9.59 Å². The lowest BCUT2D eigenvalue weighted by Crippen LogP contribution is -2.32. The number of rotatable bonds is 5. The Hall–Kier alpha value is -2.57. The Morgan fingerprint density at radius 2 is 1.76 bits per heavy atom. The van der Waals surface area contributed by atoms with Gasteiger partial charge in [0.15, 0.2) is 0 Å². The lowest BCUT2D eigenvalue weighted by Gasteiger charge is -2.19. The lowest BCUT2D eigenvalue weighted by atomic mass is 9.81. The number of pyridine rings is 1. The summed E-state index contributed by atoms with van der Waals surface area (Å²) in [7, 11) is 0. The molecule has 0 radical (unpaired) electrons. The summed E-state index contributed by atoms with van der Waals surface area (Å²) in [4.78, 5) is 34.6. The number of aryl methyl sites for hydroxylation is 1. The van der Waals surface area contributed by atoms with Gasteiger partial charge in [0.25, 0.3) is 0 Å². The lowest BCUT2D eigenvalue weighted by molar-refractivity contribution is -0.139. The number of amides is 2. The van der Waals surface area contributed by atoms with Gasteiger partial charge in [-0.15, -0.1) is 0 Å². The molecule has 1 aliphatic carbocycles. The topological polar surface area (TPSA) is 89.2 Å². The van der Waals surface area contributed by atoms with E-state index in [4.69, 9.17) is 4.52 Å². The van der Waals surface area contributed by atoms with Crippen molar-refractivity contribution in [3.05, 3.63) is 30.4 Å². The van der Waals surface area contributed by atoms with Gasteiger partial charge in [-0.1, -0.05) is 18.0 Å². The zero-order chi connectivity index (χ0) is 17.2. The van der Waals surface area contributed by atoms with Gasteiger partial charge in [0, 0.05) is 30.9 Å². The Morgan fingerprint density at radius 1 is 1.08 bits per heavy atom. The highest BCUT2D eigenvalue weighted by atomic mass is 16.5. The van der Waals surface area contributed by atoms with Crippen LogP contribution in [0.2, 0.25) is 0 Å². The average molecular weight is 340 g/mol. The highest BCUT2D eigenvalue weighted by Gasteiger charge is 2.47. The summed E-state index contributed by atoms with van der Waals surface area (Å²) < 4.78 is 5.26. The zero-order valence-electron chi connectivity index (χ0n) is 13.9. The van der Waals surface area contributed by atoms with Gasteiger partial charge >= 0.3 is 0 Å². The van der Waals surface area contributed by atoms with Crippen molar-refractivity contribution in [1.82, 2.24) is 20.0 Å². The predicted molar refractivity (Wildman–Crippen MR) is 88.0 cm³/mol. The van der Waals surface area contributed by atoms with Gasteiger partial charge in [-0.25, -0.2) is 0 Å². The van der Waals surface area contributed by atoms with Crippen LogP contribution in [0.1, 0.15) is 38.0 Å². The summed E-state index contributed by atoms with van der Waals surface area (Å²) in [5, 5.41) is 3.96. The summed E-state index contributed by atoms with van der Waals surface area (Å²) in [6.07, 6.45) is 8.33. The van der Waals surface area contributed by atoms with Crippen LogP contribution in [0.3, 0.4) is 0 Å². The molecule has 1 saturated carbocycles. The van der Waals surface area contributed by atoms with E-state index < -0.39 is 0 Å². The first-order valence-electron chi connectivity index (χ1n) is 8.82. The number of imide groups is 1. The number of hydrogen-bond donors (Lipinski definition) is 0. The van der Waals surface area contributed by atoms with Crippen LogP contribution >= 0.6 is 0 Å². The van der Waals surface area contributed by atoms with Crippen LogP contribution < -0.4 is 0 Å². The molecule has 2 atom stereocenters. The highest BCUT2D eigenvalue weighted by molar-refractivity contribution is 6.05. The molecule has 1 aliphatic heterocycles. The molecule has 4 rings (SSSR count). The van der Waals surface area contributed by atoms with Gasteiger partial charge in [0.2, 0.25) is 23.5 Å². The molecule has 3 heterocycles. The Balaban J connectivity index is 1.34. The molecule has 0 aromatic carbocycles. The molecule has 7 heteroatoms. The van der Waals surface area contributed by atoms with Gasteiger partial charge in [-0.2, -0.15) is 4.98 Å². The normalized spacial score (nSPS) is 23.1. The maximum absolute atomic E-state index is 12.4. The Kier molecular flexibility index (Phi) is 4.29. The summed E-state index contributed by atoms with van der Waals surface area (Å²) in [6, 6.07) is 3.63. The number of nitrogens with zero attached hydrogens (tertiary/aromatic N) is 4. The standard InChI is InChI=1S/C18H20N4O3/c23-17-13-4-1-2-5-14(13)18(24)22(17)11-3-6-15-20-16(21-25-15)12-7-9-19-10-8-12/h7-10,13-14H,1-6,11H2/t13-,14-/m0/s1. The minimum absolute atomic E-state index is 0.0118. The molecule has 2 aliphatic rings. The molecule has 2 aromatic rings. The van der Waals surface area contributed by atoms with Crippen molar-refractivity contribution in [3.8, 4) is 11.4 Å². The van der Waals surface area contributed by atoms with Crippen molar-refractivity contribution in [2.45, 2.75) is 38.5 Å². The maximum atomic E-state index is 12.4. The molecule has 0 spiro atoms. The van der Waals surface area contributed by atoms with Crippen LogP contribution in [-0.4, -0.2) is 38.4 Å². The quantitative estimate of drug-likeness (QED) is 0.776. The first-order chi connectivity index (χ1) is 12.2. The van der Waals surface area contributed by atoms with E-state index in [2.05, 4.69) is 15.1 Å². The first kappa shape index (κ1) is 15.9. The molecule has 130 valence electrons. The fourth-order valence-electron chi connectivity index (χ4n) is 3.81. The van der Waals surface area contributed by atoms with Crippen molar-refractivity contribution < 1.29 is 14.1 Å². The van der Waals surface area contributed by atoms with Crippen LogP contribution in [0.15, 0.2) is 29.0 Å². The first-order valence-corrected chi connectivity index (χ1v) is 8.82. The van der Waals surface area contributed by atoms with Crippen molar-refractivity contribution in [2.24, 2.45) is 11.8 Å². The van der Waals surface area contributed by atoms with Crippen molar-refractivity contribution in [3.63, 3.8) is 0 Å². The van der Waals surface area contributed by atoms with E-state index in [1.54, 1.807) is 12.4 Å². The number of carbonyl (C=O) groups excluding carboxylic acids is 2. The van der Waals surface area contributed by atoms with Crippen LogP contribution in [-0.2, 0) is 16.0 Å². The fourth-order valence-corrected chi connectivity index (χ4v) is 3.81. The number of hydrogen-bond acceptors (Lipinski definition) is 6. The van der Waals surface area contributed by atoms with E-state index in [0.29, 0.717) is 31.1 Å². The van der Waals surface area contributed by atoms with Crippen molar-refractivity contribution in [1.29, 1.82) is 0 Å². The van der Waals surface area contributed by atoms with E-state index in [1.165, 1.54) is 4.90 Å². The Bertz CT molecular complexity index is 750. The van der Waals surface area contributed by atoms with E-state index in [-0.39, 0.29) is 23.7 Å². The molecule has 0 bridgehead atoms. The second-order valence-corrected chi connectivity index (χ2v) is 6.68. The van der Waals surface area contributed by atoms with Crippen molar-refractivity contribution >= 4 is 11.8 Å². The average Bonchev–Trinajstić information content (AvgIpc) is 3.22. The van der Waals surface area contributed by atoms with Crippen LogP contribution in [0.4, 0.5) is 0 Å². The molecule has 0 N–H and O–H groups in total. The number of carbonyl (C=O) groups is 2. The third-order valence-electron chi connectivity index (χ3n) is 5.11. The number of fused-ring (bicyclic) bond motifs is 1. The zero-order valence-corrected chi connectivity index (χ0v) is 13.9. The molecule has 25 heavy (non-hydrogen) atoms. The minimum atomic E-state index is -0.0806. The van der Waals surface area contributed by atoms with Crippen LogP contribution in [0.25, 0.3) is 11.4 Å². The summed E-state index contributed by atoms with van der Waals surface area (Å²) in [5.41, 5.74) is 0.846. The molecule has 2 fully saturated rings. The van der Waals surface area contributed by atoms with E-state index in [1.807, 2.05) is 12.1 Å². The number of likely N-dealkylation sites (tertiary alicyclic amines) is 1. The van der Waals surface area contributed by atoms with Gasteiger partial charge < -0.3 is 4.52 Å². The summed E-state index contributed by atoms with van der Waals surface area (Å²) in [5.74, 6) is 0.904. The van der Waals surface area contributed by atoms with Gasteiger partial charge in [-0.05, 0) is 31.4 Å². The molecule has 1 saturated heterocycles. The van der Waals surface area contributed by atoms with Gasteiger partial charge in [0.05, 0.1) is 11.8 Å². The van der Waals surface area contributed by atoms with Crippen LogP contribution in [0.5, 0.6) is 0 Å². The molecule has 2 amide bonds. The fraction of sp³-hybridized carbons (Fsp3) is 0.500. The minimum Gasteiger partial charge on any atom is -0.339 e. The second-order valence-electron chi connectivity index (χ2n) is 6.68. The number of aromatic nitrogens is 3. The Labute approximate surface area is 145 Å². The van der Waals surface area contributed by atoms with Gasteiger partial charge in [0.1, 0.15) is 0 Å². The third kappa shape index (κ3) is 3.06. The van der Waals surface area contributed by atoms with E-state index >= 15 is 0 Å². The monoisotopic (exact) mass is 340 g/mol. The summed E-state index contributed by atoms with van der Waals surface area (Å²) >= 11 is 0. The molecular formula is C18H20N4O3. The smallest absolute Gasteiger partial charge is 0.233 e. The maximum Gasteiger partial charge on any atom is 0.233 e. The molecular weight excluding hydrogens is 320 g/mol. The van der Waals surface area contributed by atoms with Crippen LogP contribution in [0, 0.1) is 11.8 Å². The highest BCUT2D eigenvalue weighted by Crippen LogP contribution is 2.38. The summed E-state index contributed by atoms with van der Waals surface area (Å²) in [6.45, 7) is 0.428. The third-order valence-corrected chi connectivity index (χ3v) is 5.11. The Morgan fingerprint density at radius 3 is 2.44 bits per heavy atom. The molecule has 0 unspecified atom stereocenters.